The summed E-state index contributed by atoms with van der Waals surface area (Å²) in [5.74, 6) is 0.553. The first-order valence-electron chi connectivity index (χ1n) is 8.49. The van der Waals surface area contributed by atoms with Crippen molar-refractivity contribution in [2.45, 2.75) is 18.0 Å². The first-order valence-corrected chi connectivity index (χ1v) is 9.98. The molecule has 0 radical (unpaired) electrons. The summed E-state index contributed by atoms with van der Waals surface area (Å²) in [6, 6.07) is 9.80. The molecule has 1 aromatic heterocycles. The predicted octanol–water partition coefficient (Wildman–Crippen LogP) is 3.76. The highest BCUT2D eigenvalue weighted by Gasteiger charge is 2.34. The Morgan fingerprint density at radius 3 is 2.31 bits per heavy atom. The Hall–Kier alpha value is -3.01. The quantitative estimate of drug-likeness (QED) is 0.674. The molecule has 0 saturated carbocycles. The van der Waals surface area contributed by atoms with E-state index in [1.54, 1.807) is 19.1 Å². The van der Waals surface area contributed by atoms with E-state index < -0.39 is 27.3 Å². The molecule has 0 aliphatic heterocycles. The standard InChI is InChI=1S/C19H17F3N2O4S/c1-3-28-13-6-4-12(5-7-13)23-29(26,27)14-8-9-17-15(10-14)16(19(20,21)22)11-18(25)24(17)2/h4-11,23H,3H2,1-2H3. The van der Waals surface area contributed by atoms with Gasteiger partial charge in [0.25, 0.3) is 15.6 Å². The number of ether oxygens (including phenoxy) is 1. The maximum absolute atomic E-state index is 13.4. The van der Waals surface area contributed by atoms with E-state index in [9.17, 15) is 26.4 Å². The Kier molecular flexibility index (Phi) is 5.31. The summed E-state index contributed by atoms with van der Waals surface area (Å²) >= 11 is 0. The maximum Gasteiger partial charge on any atom is 0.417 e. The van der Waals surface area contributed by atoms with Crippen LogP contribution in [0.4, 0.5) is 18.9 Å². The van der Waals surface area contributed by atoms with Crippen LogP contribution in [-0.2, 0) is 23.2 Å². The molecule has 29 heavy (non-hydrogen) atoms. The largest absolute Gasteiger partial charge is 0.494 e. The molecule has 0 aliphatic carbocycles. The lowest BCUT2D eigenvalue weighted by atomic mass is 10.1. The minimum atomic E-state index is -4.81. The summed E-state index contributed by atoms with van der Waals surface area (Å²) in [6.07, 6.45) is -4.81. The smallest absolute Gasteiger partial charge is 0.417 e. The first-order chi connectivity index (χ1) is 13.5. The van der Waals surface area contributed by atoms with Crippen molar-refractivity contribution in [2.75, 3.05) is 11.3 Å². The molecule has 1 N–H and O–H groups in total. The van der Waals surface area contributed by atoms with Crippen molar-refractivity contribution >= 4 is 26.6 Å². The highest BCUT2D eigenvalue weighted by molar-refractivity contribution is 7.92. The number of aryl methyl sites for hydroxylation is 1. The van der Waals surface area contributed by atoms with Crippen LogP contribution in [0.3, 0.4) is 0 Å². The molecule has 3 rings (SSSR count). The Bertz CT molecular complexity index is 1220. The molecule has 3 aromatic rings. The van der Waals surface area contributed by atoms with Gasteiger partial charge in [-0.05, 0) is 49.4 Å². The van der Waals surface area contributed by atoms with Crippen LogP contribution in [-0.4, -0.2) is 19.6 Å². The van der Waals surface area contributed by atoms with E-state index in [1.165, 1.54) is 25.2 Å². The molecule has 0 atom stereocenters. The van der Waals surface area contributed by atoms with Crippen molar-refractivity contribution in [1.82, 2.24) is 4.57 Å². The van der Waals surface area contributed by atoms with E-state index in [1.807, 2.05) is 0 Å². The minimum Gasteiger partial charge on any atom is -0.494 e. The lowest BCUT2D eigenvalue weighted by Crippen LogP contribution is -2.21. The highest BCUT2D eigenvalue weighted by atomic mass is 32.2. The number of aromatic nitrogens is 1. The number of hydrogen-bond donors (Lipinski definition) is 1. The fourth-order valence-electron chi connectivity index (χ4n) is 2.84. The molecule has 0 spiro atoms. The Morgan fingerprint density at radius 2 is 1.72 bits per heavy atom. The molecule has 6 nitrogen and oxygen atoms in total. The maximum atomic E-state index is 13.4. The average Bonchev–Trinajstić information content (AvgIpc) is 2.65. The van der Waals surface area contributed by atoms with Crippen molar-refractivity contribution in [3.05, 3.63) is 64.4 Å². The van der Waals surface area contributed by atoms with Crippen molar-refractivity contribution in [1.29, 1.82) is 0 Å². The zero-order chi connectivity index (χ0) is 21.4. The fraction of sp³-hybridized carbons (Fsp3) is 0.211. The molecule has 154 valence electrons. The van der Waals surface area contributed by atoms with Gasteiger partial charge in [-0.15, -0.1) is 0 Å². The van der Waals surface area contributed by atoms with Gasteiger partial charge in [0, 0.05) is 24.2 Å². The molecular weight excluding hydrogens is 409 g/mol. The third-order valence-corrected chi connectivity index (χ3v) is 5.63. The van der Waals surface area contributed by atoms with E-state index >= 15 is 0 Å². The van der Waals surface area contributed by atoms with Gasteiger partial charge in [0.1, 0.15) is 5.75 Å². The number of rotatable bonds is 5. The van der Waals surface area contributed by atoms with Crippen LogP contribution in [0.2, 0.25) is 0 Å². The number of halogens is 3. The van der Waals surface area contributed by atoms with Gasteiger partial charge in [0.2, 0.25) is 0 Å². The number of anilines is 1. The number of fused-ring (bicyclic) bond motifs is 1. The summed E-state index contributed by atoms with van der Waals surface area (Å²) < 4.78 is 74.1. The number of alkyl halides is 3. The summed E-state index contributed by atoms with van der Waals surface area (Å²) in [5.41, 5.74) is -1.82. The Morgan fingerprint density at radius 1 is 1.07 bits per heavy atom. The van der Waals surface area contributed by atoms with E-state index in [0.717, 1.165) is 16.7 Å². The van der Waals surface area contributed by atoms with Crippen molar-refractivity contribution in [2.24, 2.45) is 7.05 Å². The van der Waals surface area contributed by atoms with E-state index in [0.29, 0.717) is 18.4 Å². The fourth-order valence-corrected chi connectivity index (χ4v) is 3.93. The van der Waals surface area contributed by atoms with E-state index in [4.69, 9.17) is 4.74 Å². The van der Waals surface area contributed by atoms with Crippen LogP contribution >= 0.6 is 0 Å². The number of pyridine rings is 1. The third kappa shape index (κ3) is 4.21. The van der Waals surface area contributed by atoms with Crippen molar-refractivity contribution in [3.63, 3.8) is 0 Å². The van der Waals surface area contributed by atoms with E-state index in [-0.39, 0.29) is 21.5 Å². The van der Waals surface area contributed by atoms with E-state index in [2.05, 4.69) is 4.72 Å². The van der Waals surface area contributed by atoms with Crippen LogP contribution in [0.1, 0.15) is 12.5 Å². The highest BCUT2D eigenvalue weighted by Crippen LogP contribution is 2.34. The van der Waals surface area contributed by atoms with Gasteiger partial charge in [0.15, 0.2) is 0 Å². The zero-order valence-electron chi connectivity index (χ0n) is 15.4. The average molecular weight is 426 g/mol. The lowest BCUT2D eigenvalue weighted by Gasteiger charge is -2.15. The topological polar surface area (TPSA) is 77.4 Å². The van der Waals surface area contributed by atoms with Crippen molar-refractivity contribution in [3.8, 4) is 5.75 Å². The molecule has 0 unspecified atom stereocenters. The number of nitrogens with one attached hydrogen (secondary N) is 1. The molecule has 2 aromatic carbocycles. The molecule has 0 amide bonds. The van der Waals surface area contributed by atoms with Gasteiger partial charge >= 0.3 is 6.18 Å². The van der Waals surface area contributed by atoms with Gasteiger partial charge in [-0.3, -0.25) is 9.52 Å². The van der Waals surface area contributed by atoms with Crippen LogP contribution in [0.25, 0.3) is 10.9 Å². The third-order valence-electron chi connectivity index (χ3n) is 4.25. The summed E-state index contributed by atoms with van der Waals surface area (Å²) in [4.78, 5) is 11.5. The first kappa shape index (κ1) is 20.7. The number of sulfonamides is 1. The molecule has 0 aliphatic rings. The van der Waals surface area contributed by atoms with Gasteiger partial charge in [-0.25, -0.2) is 8.42 Å². The monoisotopic (exact) mass is 426 g/mol. The molecule has 0 fully saturated rings. The number of benzene rings is 2. The van der Waals surface area contributed by atoms with Crippen LogP contribution < -0.4 is 15.0 Å². The second-order valence-electron chi connectivity index (χ2n) is 6.19. The minimum absolute atomic E-state index is 0.0233. The van der Waals surface area contributed by atoms with Crippen molar-refractivity contribution < 1.29 is 26.3 Å². The Labute approximate surface area is 164 Å². The van der Waals surface area contributed by atoms with Crippen LogP contribution in [0.5, 0.6) is 5.75 Å². The molecular formula is C19H17F3N2O4S. The summed E-state index contributed by atoms with van der Waals surface area (Å²) in [7, 11) is -2.84. The number of nitrogens with zero attached hydrogens (tertiary/aromatic N) is 1. The van der Waals surface area contributed by atoms with Gasteiger partial charge < -0.3 is 9.30 Å². The lowest BCUT2D eigenvalue weighted by molar-refractivity contribution is -0.136. The molecule has 0 bridgehead atoms. The second-order valence-corrected chi connectivity index (χ2v) is 7.88. The predicted molar refractivity (Wildman–Crippen MR) is 103 cm³/mol. The van der Waals surface area contributed by atoms with Gasteiger partial charge in [-0.2, -0.15) is 13.2 Å². The van der Waals surface area contributed by atoms with Gasteiger partial charge in [0.05, 0.1) is 22.6 Å². The zero-order valence-corrected chi connectivity index (χ0v) is 16.3. The second kappa shape index (κ2) is 7.43. The SMILES string of the molecule is CCOc1ccc(NS(=O)(=O)c2ccc3c(c2)c(C(F)(F)F)cc(=O)n3C)cc1. The summed E-state index contributed by atoms with van der Waals surface area (Å²) in [5, 5.41) is -0.380. The summed E-state index contributed by atoms with van der Waals surface area (Å²) in [6.45, 7) is 2.26. The normalized spacial score (nSPS) is 12.2. The molecule has 10 heteroatoms. The Balaban J connectivity index is 2.07. The van der Waals surface area contributed by atoms with Crippen LogP contribution in [0, 0.1) is 0 Å². The number of hydrogen-bond acceptors (Lipinski definition) is 4. The van der Waals surface area contributed by atoms with Crippen LogP contribution in [0.15, 0.2) is 58.2 Å². The van der Waals surface area contributed by atoms with Gasteiger partial charge in [-0.1, -0.05) is 0 Å². The molecule has 1 heterocycles. The molecule has 0 saturated heterocycles.